The number of methoxy groups -OCH3 is 6. The molecular formula is C12H22FNO6. The number of hydrogen-bond donors (Lipinski definition) is 1. The van der Waals surface area contributed by atoms with Gasteiger partial charge in [0.2, 0.25) is 5.79 Å². The quantitative estimate of drug-likeness (QED) is 0.698. The first-order valence-electron chi connectivity index (χ1n) is 5.84. The molecular weight excluding hydrogens is 273 g/mol. The molecule has 0 heterocycles. The third-order valence-electron chi connectivity index (χ3n) is 3.61. The van der Waals surface area contributed by atoms with E-state index in [4.69, 9.17) is 34.2 Å². The van der Waals surface area contributed by atoms with Crippen LogP contribution in [0.4, 0.5) is 4.39 Å². The Morgan fingerprint density at radius 3 is 1.85 bits per heavy atom. The Morgan fingerprint density at radius 1 is 1.00 bits per heavy atom. The van der Waals surface area contributed by atoms with Crippen LogP contribution < -0.4 is 5.73 Å². The molecule has 20 heavy (non-hydrogen) atoms. The highest BCUT2D eigenvalue weighted by atomic mass is 19.2. The van der Waals surface area contributed by atoms with Crippen molar-refractivity contribution in [3.05, 3.63) is 11.8 Å². The molecule has 0 aliphatic heterocycles. The standard InChI is InChI=1S/C12H22FNO6/c1-15-8-7-10(14,17-3)12(19-5,20-6)9(16-2)11(8,13)18-4/h7,9H,14H2,1-6H3. The summed E-state index contributed by atoms with van der Waals surface area (Å²) in [5.74, 6) is -4.42. The second-order valence-electron chi connectivity index (χ2n) is 4.25. The molecule has 0 bridgehead atoms. The Bertz CT molecular complexity index is 375. The van der Waals surface area contributed by atoms with Crippen LogP contribution in [0.2, 0.25) is 0 Å². The van der Waals surface area contributed by atoms with Crippen molar-refractivity contribution in [1.29, 1.82) is 0 Å². The van der Waals surface area contributed by atoms with E-state index >= 15 is 4.39 Å². The third kappa shape index (κ3) is 2.03. The van der Waals surface area contributed by atoms with Crippen molar-refractivity contribution in [2.45, 2.75) is 23.5 Å². The summed E-state index contributed by atoms with van der Waals surface area (Å²) >= 11 is 0. The summed E-state index contributed by atoms with van der Waals surface area (Å²) < 4.78 is 46.2. The van der Waals surface area contributed by atoms with Crippen LogP contribution in [0.3, 0.4) is 0 Å². The van der Waals surface area contributed by atoms with Crippen molar-refractivity contribution in [2.24, 2.45) is 5.73 Å². The summed E-state index contributed by atoms with van der Waals surface area (Å²) in [6.07, 6.45) is -0.182. The van der Waals surface area contributed by atoms with E-state index in [9.17, 15) is 0 Å². The van der Waals surface area contributed by atoms with Gasteiger partial charge in [0.25, 0.3) is 5.85 Å². The van der Waals surface area contributed by atoms with Gasteiger partial charge in [-0.2, -0.15) is 0 Å². The van der Waals surface area contributed by atoms with Crippen LogP contribution in [-0.4, -0.2) is 66.1 Å². The van der Waals surface area contributed by atoms with E-state index in [1.54, 1.807) is 0 Å². The number of halogens is 1. The number of alkyl halides is 1. The number of rotatable bonds is 6. The van der Waals surface area contributed by atoms with Gasteiger partial charge in [-0.15, -0.1) is 0 Å². The Kier molecular flexibility index (Phi) is 5.12. The van der Waals surface area contributed by atoms with Gasteiger partial charge in [-0.3, -0.25) is 5.73 Å². The Hall–Kier alpha value is -0.770. The molecule has 1 aliphatic carbocycles. The molecule has 3 unspecified atom stereocenters. The molecule has 1 rings (SSSR count). The molecule has 8 heteroatoms. The van der Waals surface area contributed by atoms with E-state index < -0.39 is 23.5 Å². The van der Waals surface area contributed by atoms with Gasteiger partial charge >= 0.3 is 0 Å². The van der Waals surface area contributed by atoms with Crippen molar-refractivity contribution >= 4 is 0 Å². The van der Waals surface area contributed by atoms with Gasteiger partial charge in [-0.25, -0.2) is 4.39 Å². The highest BCUT2D eigenvalue weighted by molar-refractivity contribution is 5.27. The van der Waals surface area contributed by atoms with Crippen molar-refractivity contribution < 1.29 is 32.8 Å². The molecule has 3 atom stereocenters. The van der Waals surface area contributed by atoms with Crippen LogP contribution in [-0.2, 0) is 28.4 Å². The summed E-state index contributed by atoms with van der Waals surface area (Å²) in [7, 11) is 7.68. The van der Waals surface area contributed by atoms with Crippen molar-refractivity contribution in [1.82, 2.24) is 0 Å². The predicted molar refractivity (Wildman–Crippen MR) is 67.4 cm³/mol. The lowest BCUT2D eigenvalue weighted by Gasteiger charge is -2.53. The lowest BCUT2D eigenvalue weighted by Crippen LogP contribution is -2.76. The maximum atomic E-state index is 15.2. The molecule has 0 fully saturated rings. The van der Waals surface area contributed by atoms with Gasteiger partial charge in [-0.1, -0.05) is 0 Å². The topological polar surface area (TPSA) is 81.4 Å². The summed E-state index contributed by atoms with van der Waals surface area (Å²) in [5.41, 5.74) is 4.49. The molecule has 0 aromatic carbocycles. The van der Waals surface area contributed by atoms with Gasteiger partial charge in [0.1, 0.15) is 0 Å². The minimum absolute atomic E-state index is 0.194. The molecule has 0 aromatic rings. The van der Waals surface area contributed by atoms with Gasteiger partial charge in [0.15, 0.2) is 17.6 Å². The smallest absolute Gasteiger partial charge is 0.298 e. The SMILES string of the molecule is COC1=CC(N)(OC)C(OC)(OC)C(OC)C1(F)OC. The molecule has 7 nitrogen and oxygen atoms in total. The van der Waals surface area contributed by atoms with Gasteiger partial charge in [-0.05, 0) is 0 Å². The van der Waals surface area contributed by atoms with Gasteiger partial charge < -0.3 is 28.4 Å². The fraction of sp³-hybridized carbons (Fsp3) is 0.833. The fourth-order valence-electron chi connectivity index (χ4n) is 2.50. The normalized spacial score (nSPS) is 36.6. The minimum Gasteiger partial charge on any atom is -0.495 e. The molecule has 0 radical (unpaired) electrons. The van der Waals surface area contributed by atoms with Gasteiger partial charge in [0, 0.05) is 41.6 Å². The van der Waals surface area contributed by atoms with E-state index in [-0.39, 0.29) is 5.76 Å². The van der Waals surface area contributed by atoms with Crippen LogP contribution in [0.15, 0.2) is 11.8 Å². The van der Waals surface area contributed by atoms with E-state index in [0.29, 0.717) is 0 Å². The van der Waals surface area contributed by atoms with Crippen LogP contribution in [0, 0.1) is 0 Å². The highest BCUT2D eigenvalue weighted by Crippen LogP contribution is 2.47. The zero-order chi connectivity index (χ0) is 15.6. The number of nitrogens with two attached hydrogens (primary N) is 1. The van der Waals surface area contributed by atoms with E-state index in [2.05, 4.69) is 0 Å². The van der Waals surface area contributed by atoms with Crippen molar-refractivity contribution in [3.8, 4) is 0 Å². The summed E-state index contributed by atoms with van der Waals surface area (Å²) in [6.45, 7) is 0. The largest absolute Gasteiger partial charge is 0.495 e. The molecule has 0 saturated heterocycles. The minimum atomic E-state index is -2.45. The molecule has 118 valence electrons. The monoisotopic (exact) mass is 295 g/mol. The second kappa shape index (κ2) is 5.92. The van der Waals surface area contributed by atoms with E-state index in [1.807, 2.05) is 0 Å². The first kappa shape index (κ1) is 17.3. The van der Waals surface area contributed by atoms with Crippen molar-refractivity contribution in [2.75, 3.05) is 42.7 Å². The maximum Gasteiger partial charge on any atom is 0.298 e. The van der Waals surface area contributed by atoms with E-state index in [1.165, 1.54) is 48.7 Å². The van der Waals surface area contributed by atoms with E-state index in [0.717, 1.165) is 0 Å². The Balaban J connectivity index is 3.61. The second-order valence-corrected chi connectivity index (χ2v) is 4.25. The fourth-order valence-corrected chi connectivity index (χ4v) is 2.50. The Morgan fingerprint density at radius 2 is 1.55 bits per heavy atom. The summed E-state index contributed by atoms with van der Waals surface area (Å²) in [4.78, 5) is 0. The summed E-state index contributed by atoms with van der Waals surface area (Å²) in [6, 6.07) is 0. The predicted octanol–water partition coefficient (Wildman–Crippen LogP) is 0.148. The van der Waals surface area contributed by atoms with Crippen LogP contribution >= 0.6 is 0 Å². The molecule has 0 aromatic heterocycles. The average Bonchev–Trinajstić information content (AvgIpc) is 2.48. The lowest BCUT2D eigenvalue weighted by molar-refractivity contribution is -0.382. The molecule has 1 aliphatic rings. The third-order valence-corrected chi connectivity index (χ3v) is 3.61. The molecule has 0 amide bonds. The first-order valence-corrected chi connectivity index (χ1v) is 5.84. The zero-order valence-electron chi connectivity index (χ0n) is 12.6. The van der Waals surface area contributed by atoms with Crippen LogP contribution in [0.5, 0.6) is 0 Å². The Labute approximate surface area is 117 Å². The van der Waals surface area contributed by atoms with Crippen LogP contribution in [0.1, 0.15) is 0 Å². The molecule has 2 N–H and O–H groups in total. The molecule has 0 spiro atoms. The number of ether oxygens (including phenoxy) is 6. The highest BCUT2D eigenvalue weighted by Gasteiger charge is 2.69. The van der Waals surface area contributed by atoms with Gasteiger partial charge in [0.05, 0.1) is 7.11 Å². The maximum absolute atomic E-state index is 15.2. The lowest BCUT2D eigenvalue weighted by atomic mass is 9.84. The van der Waals surface area contributed by atoms with Crippen LogP contribution in [0.25, 0.3) is 0 Å². The first-order chi connectivity index (χ1) is 9.35. The molecule has 0 saturated carbocycles. The number of hydrogen-bond acceptors (Lipinski definition) is 7. The van der Waals surface area contributed by atoms with Crippen molar-refractivity contribution in [3.63, 3.8) is 0 Å². The summed E-state index contributed by atoms with van der Waals surface area (Å²) in [5, 5.41) is 0. The zero-order valence-corrected chi connectivity index (χ0v) is 12.6. The average molecular weight is 295 g/mol.